The SMILES string of the molecule is CCCCOc1ccc(C2(C)CC(=O)N(C)C2=O)cc1. The number of nitrogens with zero attached hydrogens (tertiary/aromatic N) is 1. The molecular formula is C16H21NO3. The van der Waals surface area contributed by atoms with Gasteiger partial charge in [-0.2, -0.15) is 0 Å². The molecule has 0 N–H and O–H groups in total. The summed E-state index contributed by atoms with van der Waals surface area (Å²) < 4.78 is 5.60. The van der Waals surface area contributed by atoms with E-state index in [0.29, 0.717) is 6.61 Å². The fraction of sp³-hybridized carbons (Fsp3) is 0.500. The van der Waals surface area contributed by atoms with Gasteiger partial charge in [0, 0.05) is 13.5 Å². The van der Waals surface area contributed by atoms with E-state index in [1.54, 1.807) is 0 Å². The van der Waals surface area contributed by atoms with Crippen LogP contribution >= 0.6 is 0 Å². The molecule has 2 amide bonds. The standard InChI is InChI=1S/C16H21NO3/c1-4-5-10-20-13-8-6-12(7-9-13)16(2)11-14(18)17(3)15(16)19/h6-9H,4-5,10-11H2,1-3H3. The lowest BCUT2D eigenvalue weighted by atomic mass is 9.81. The largest absolute Gasteiger partial charge is 0.494 e. The smallest absolute Gasteiger partial charge is 0.239 e. The van der Waals surface area contributed by atoms with Gasteiger partial charge in [0.2, 0.25) is 11.8 Å². The van der Waals surface area contributed by atoms with Crippen LogP contribution in [0.4, 0.5) is 0 Å². The van der Waals surface area contributed by atoms with Gasteiger partial charge in [-0.3, -0.25) is 14.5 Å². The molecule has 20 heavy (non-hydrogen) atoms. The zero-order chi connectivity index (χ0) is 14.8. The summed E-state index contributed by atoms with van der Waals surface area (Å²) in [6.07, 6.45) is 2.36. The van der Waals surface area contributed by atoms with Crippen molar-refractivity contribution in [2.75, 3.05) is 13.7 Å². The zero-order valence-electron chi connectivity index (χ0n) is 12.3. The summed E-state index contributed by atoms with van der Waals surface area (Å²) >= 11 is 0. The van der Waals surface area contributed by atoms with Crippen LogP contribution in [0.15, 0.2) is 24.3 Å². The minimum Gasteiger partial charge on any atom is -0.494 e. The number of unbranched alkanes of at least 4 members (excludes halogenated alkanes) is 1. The van der Waals surface area contributed by atoms with Crippen LogP contribution in [0.2, 0.25) is 0 Å². The molecule has 0 radical (unpaired) electrons. The van der Waals surface area contributed by atoms with E-state index in [9.17, 15) is 9.59 Å². The van der Waals surface area contributed by atoms with Crippen LogP contribution in [0, 0.1) is 0 Å². The number of rotatable bonds is 5. The number of likely N-dealkylation sites (N-methyl/N-ethyl adjacent to an activating group) is 1. The van der Waals surface area contributed by atoms with E-state index in [0.717, 1.165) is 24.2 Å². The van der Waals surface area contributed by atoms with Crippen molar-refractivity contribution in [1.29, 1.82) is 0 Å². The fourth-order valence-corrected chi connectivity index (χ4v) is 2.46. The summed E-state index contributed by atoms with van der Waals surface area (Å²) in [5, 5.41) is 0. The highest BCUT2D eigenvalue weighted by molar-refractivity contribution is 6.08. The normalized spacial score (nSPS) is 22.4. The van der Waals surface area contributed by atoms with Gasteiger partial charge in [-0.1, -0.05) is 25.5 Å². The number of hydrogen-bond donors (Lipinski definition) is 0. The molecule has 1 aromatic carbocycles. The van der Waals surface area contributed by atoms with Gasteiger partial charge in [0.25, 0.3) is 0 Å². The molecule has 1 unspecified atom stereocenters. The molecule has 4 heteroatoms. The number of ether oxygens (including phenoxy) is 1. The molecule has 0 bridgehead atoms. The van der Waals surface area contributed by atoms with Crippen molar-refractivity contribution in [1.82, 2.24) is 4.90 Å². The Kier molecular flexibility index (Phi) is 4.12. The number of carbonyl (C=O) groups excluding carboxylic acids is 2. The summed E-state index contributed by atoms with van der Waals surface area (Å²) in [6.45, 7) is 4.64. The number of amides is 2. The summed E-state index contributed by atoms with van der Waals surface area (Å²) in [5.41, 5.74) is 0.122. The van der Waals surface area contributed by atoms with Gasteiger partial charge in [0.1, 0.15) is 5.75 Å². The van der Waals surface area contributed by atoms with Gasteiger partial charge < -0.3 is 4.74 Å². The lowest BCUT2D eigenvalue weighted by molar-refractivity contribution is -0.138. The molecule has 0 aliphatic carbocycles. The van der Waals surface area contributed by atoms with E-state index in [4.69, 9.17) is 4.74 Å². The van der Waals surface area contributed by atoms with Crippen molar-refractivity contribution in [3.8, 4) is 5.75 Å². The van der Waals surface area contributed by atoms with E-state index in [-0.39, 0.29) is 18.2 Å². The van der Waals surface area contributed by atoms with Gasteiger partial charge >= 0.3 is 0 Å². The molecule has 1 fully saturated rings. The number of imide groups is 1. The third-order valence-electron chi connectivity index (χ3n) is 3.91. The minimum atomic E-state index is -0.742. The second kappa shape index (κ2) is 5.65. The highest BCUT2D eigenvalue weighted by atomic mass is 16.5. The molecule has 2 rings (SSSR count). The molecule has 0 spiro atoms. The molecule has 4 nitrogen and oxygen atoms in total. The van der Waals surface area contributed by atoms with Gasteiger partial charge in [0.05, 0.1) is 12.0 Å². The Bertz CT molecular complexity index is 509. The number of carbonyl (C=O) groups is 2. The fourth-order valence-electron chi connectivity index (χ4n) is 2.46. The van der Waals surface area contributed by atoms with Crippen molar-refractivity contribution < 1.29 is 14.3 Å². The molecular weight excluding hydrogens is 254 g/mol. The van der Waals surface area contributed by atoms with Crippen molar-refractivity contribution in [3.63, 3.8) is 0 Å². The molecule has 0 saturated carbocycles. The first-order chi connectivity index (χ1) is 9.49. The molecule has 1 atom stereocenters. The van der Waals surface area contributed by atoms with Crippen molar-refractivity contribution in [2.24, 2.45) is 0 Å². The van der Waals surface area contributed by atoms with Crippen LogP contribution in [0.25, 0.3) is 0 Å². The summed E-state index contributed by atoms with van der Waals surface area (Å²) in [7, 11) is 1.54. The molecule has 108 valence electrons. The molecule has 1 heterocycles. The van der Waals surface area contributed by atoms with Crippen LogP contribution in [0.5, 0.6) is 5.75 Å². The topological polar surface area (TPSA) is 46.6 Å². The Balaban J connectivity index is 2.14. The molecule has 1 aliphatic heterocycles. The first-order valence-corrected chi connectivity index (χ1v) is 7.03. The van der Waals surface area contributed by atoms with E-state index < -0.39 is 5.41 Å². The maximum Gasteiger partial charge on any atom is 0.239 e. The molecule has 1 aromatic rings. The Labute approximate surface area is 119 Å². The summed E-state index contributed by atoms with van der Waals surface area (Å²) in [6, 6.07) is 7.50. The first kappa shape index (κ1) is 14.6. The van der Waals surface area contributed by atoms with Crippen LogP contribution in [-0.4, -0.2) is 30.4 Å². The molecule has 0 aromatic heterocycles. The number of benzene rings is 1. The van der Waals surface area contributed by atoms with E-state index in [1.165, 1.54) is 11.9 Å². The number of hydrogen-bond acceptors (Lipinski definition) is 3. The molecule has 1 saturated heterocycles. The monoisotopic (exact) mass is 275 g/mol. The third-order valence-corrected chi connectivity index (χ3v) is 3.91. The van der Waals surface area contributed by atoms with Crippen molar-refractivity contribution >= 4 is 11.8 Å². The second-order valence-corrected chi connectivity index (χ2v) is 5.49. The maximum absolute atomic E-state index is 12.2. The Morgan fingerprint density at radius 1 is 1.25 bits per heavy atom. The van der Waals surface area contributed by atoms with Crippen LogP contribution in [0.1, 0.15) is 38.7 Å². The predicted octanol–water partition coefficient (Wildman–Crippen LogP) is 2.51. The zero-order valence-corrected chi connectivity index (χ0v) is 12.3. The Morgan fingerprint density at radius 3 is 2.40 bits per heavy atom. The van der Waals surface area contributed by atoms with Crippen LogP contribution < -0.4 is 4.74 Å². The van der Waals surface area contributed by atoms with E-state index >= 15 is 0 Å². The highest BCUT2D eigenvalue weighted by Gasteiger charge is 2.47. The summed E-state index contributed by atoms with van der Waals surface area (Å²) in [5.74, 6) is 0.541. The van der Waals surface area contributed by atoms with E-state index in [2.05, 4.69) is 6.92 Å². The average Bonchev–Trinajstić information content (AvgIpc) is 2.65. The Hall–Kier alpha value is -1.84. The van der Waals surface area contributed by atoms with Crippen molar-refractivity contribution in [2.45, 2.75) is 38.5 Å². The Morgan fingerprint density at radius 2 is 1.90 bits per heavy atom. The minimum absolute atomic E-state index is 0.124. The number of likely N-dealkylation sites (tertiary alicyclic amines) is 1. The third kappa shape index (κ3) is 2.55. The van der Waals surface area contributed by atoms with Gasteiger partial charge in [-0.05, 0) is 31.0 Å². The van der Waals surface area contributed by atoms with Crippen LogP contribution in [0.3, 0.4) is 0 Å². The molecule has 1 aliphatic rings. The first-order valence-electron chi connectivity index (χ1n) is 7.03. The average molecular weight is 275 g/mol. The van der Waals surface area contributed by atoms with Gasteiger partial charge in [0.15, 0.2) is 0 Å². The summed E-state index contributed by atoms with van der Waals surface area (Å²) in [4.78, 5) is 25.1. The van der Waals surface area contributed by atoms with E-state index in [1.807, 2.05) is 31.2 Å². The maximum atomic E-state index is 12.2. The quantitative estimate of drug-likeness (QED) is 0.613. The lowest BCUT2D eigenvalue weighted by Gasteiger charge is -2.21. The predicted molar refractivity (Wildman–Crippen MR) is 76.6 cm³/mol. The van der Waals surface area contributed by atoms with Crippen LogP contribution in [-0.2, 0) is 15.0 Å². The van der Waals surface area contributed by atoms with Gasteiger partial charge in [-0.25, -0.2) is 0 Å². The van der Waals surface area contributed by atoms with Crippen molar-refractivity contribution in [3.05, 3.63) is 29.8 Å². The van der Waals surface area contributed by atoms with Gasteiger partial charge in [-0.15, -0.1) is 0 Å². The highest BCUT2D eigenvalue weighted by Crippen LogP contribution is 2.36. The lowest BCUT2D eigenvalue weighted by Crippen LogP contribution is -2.34. The second-order valence-electron chi connectivity index (χ2n) is 5.49.